The number of aliphatic hydroxyl groups excluding tert-OH is 2. The van der Waals surface area contributed by atoms with Crippen LogP contribution in [-0.4, -0.2) is 28.9 Å². The van der Waals surface area contributed by atoms with Gasteiger partial charge in [-0.25, -0.2) is 0 Å². The fraction of sp³-hybridized carbons (Fsp3) is 0.500. The molecule has 0 radical (unpaired) electrons. The van der Waals surface area contributed by atoms with Crippen LogP contribution in [0.1, 0.15) is 64.9 Å². The molecule has 0 bridgehead atoms. The fourth-order valence-corrected chi connectivity index (χ4v) is 4.62. The molecule has 0 saturated carbocycles. The number of allylic oxidation sites excluding steroid dienone is 4. The Labute approximate surface area is 172 Å². The van der Waals surface area contributed by atoms with E-state index in [-0.39, 0.29) is 57.9 Å². The highest BCUT2D eigenvalue weighted by Crippen LogP contribution is 2.49. The topological polar surface area (TPSA) is 83.8 Å². The Hall–Kier alpha value is -2.56. The number of rotatable bonds is 4. The molecule has 156 valence electrons. The lowest BCUT2D eigenvalue weighted by atomic mass is 9.67. The van der Waals surface area contributed by atoms with Crippen molar-refractivity contribution < 1.29 is 24.5 Å². The van der Waals surface area contributed by atoms with Crippen molar-refractivity contribution in [2.45, 2.75) is 59.3 Å². The van der Waals surface area contributed by atoms with Crippen LogP contribution in [0.25, 0.3) is 0 Å². The number of aliphatic hydroxyl groups is 2. The monoisotopic (exact) mass is 398 g/mol. The van der Waals surface area contributed by atoms with Gasteiger partial charge in [0.2, 0.25) is 0 Å². The van der Waals surface area contributed by atoms with E-state index in [9.17, 15) is 19.8 Å². The van der Waals surface area contributed by atoms with Crippen LogP contribution >= 0.6 is 0 Å². The molecular formula is C24H30O5. The summed E-state index contributed by atoms with van der Waals surface area (Å²) in [7, 11) is 1.52. The van der Waals surface area contributed by atoms with Gasteiger partial charge in [-0.1, -0.05) is 45.9 Å². The zero-order chi connectivity index (χ0) is 21.6. The molecule has 0 atom stereocenters. The molecule has 2 N–H and O–H groups in total. The Morgan fingerprint density at radius 1 is 0.828 bits per heavy atom. The van der Waals surface area contributed by atoms with Crippen LogP contribution in [0.2, 0.25) is 0 Å². The number of methoxy groups -OCH3 is 1. The minimum absolute atomic E-state index is 0.0138. The molecule has 0 heterocycles. The van der Waals surface area contributed by atoms with Gasteiger partial charge in [0.05, 0.1) is 13.0 Å². The molecule has 0 unspecified atom stereocenters. The maximum absolute atomic E-state index is 13.1. The second-order valence-electron chi connectivity index (χ2n) is 9.78. The van der Waals surface area contributed by atoms with Gasteiger partial charge in [-0.05, 0) is 16.9 Å². The SMILES string of the molecule is COc1ccccc1C(C1=C(O)CC(C)(C)CC1=O)C1=C(O)CC(C)(C)CC1=O. The van der Waals surface area contributed by atoms with E-state index in [1.54, 1.807) is 24.3 Å². The van der Waals surface area contributed by atoms with E-state index in [0.29, 0.717) is 24.2 Å². The first-order valence-electron chi connectivity index (χ1n) is 9.99. The number of carbonyl (C=O) groups excluding carboxylic acids is 2. The van der Waals surface area contributed by atoms with Gasteiger partial charge in [-0.15, -0.1) is 0 Å². The van der Waals surface area contributed by atoms with Gasteiger partial charge in [0, 0.05) is 42.4 Å². The Kier molecular flexibility index (Phi) is 5.37. The van der Waals surface area contributed by atoms with Gasteiger partial charge in [0.15, 0.2) is 11.6 Å². The third-order valence-electron chi connectivity index (χ3n) is 5.82. The highest BCUT2D eigenvalue weighted by atomic mass is 16.5. The highest BCUT2D eigenvalue weighted by molar-refractivity contribution is 6.05. The third-order valence-corrected chi connectivity index (χ3v) is 5.82. The molecule has 5 nitrogen and oxygen atoms in total. The van der Waals surface area contributed by atoms with Crippen molar-refractivity contribution in [3.8, 4) is 5.75 Å². The van der Waals surface area contributed by atoms with Gasteiger partial charge in [-0.3, -0.25) is 9.59 Å². The van der Waals surface area contributed by atoms with Crippen molar-refractivity contribution in [1.29, 1.82) is 0 Å². The molecule has 0 aliphatic heterocycles. The Bertz CT molecular complexity index is 865. The lowest BCUT2D eigenvalue weighted by Crippen LogP contribution is -2.33. The summed E-state index contributed by atoms with van der Waals surface area (Å²) >= 11 is 0. The summed E-state index contributed by atoms with van der Waals surface area (Å²) in [6, 6.07) is 7.14. The van der Waals surface area contributed by atoms with Gasteiger partial charge in [-0.2, -0.15) is 0 Å². The van der Waals surface area contributed by atoms with Gasteiger partial charge < -0.3 is 14.9 Å². The Morgan fingerprint density at radius 3 is 1.69 bits per heavy atom. The molecule has 5 heteroatoms. The van der Waals surface area contributed by atoms with Crippen molar-refractivity contribution in [3.63, 3.8) is 0 Å². The fourth-order valence-electron chi connectivity index (χ4n) is 4.62. The molecule has 0 spiro atoms. The number of ketones is 2. The average molecular weight is 398 g/mol. The first-order chi connectivity index (χ1) is 13.5. The number of para-hydroxylation sites is 1. The van der Waals surface area contributed by atoms with E-state index in [2.05, 4.69) is 0 Å². The maximum atomic E-state index is 13.1. The van der Waals surface area contributed by atoms with Gasteiger partial charge >= 0.3 is 0 Å². The van der Waals surface area contributed by atoms with E-state index in [1.165, 1.54) is 7.11 Å². The second kappa shape index (κ2) is 7.36. The number of hydrogen-bond donors (Lipinski definition) is 2. The second-order valence-corrected chi connectivity index (χ2v) is 9.78. The van der Waals surface area contributed by atoms with Crippen molar-refractivity contribution in [3.05, 3.63) is 52.5 Å². The summed E-state index contributed by atoms with van der Waals surface area (Å²) in [6.07, 6.45) is 1.22. The molecule has 3 rings (SSSR count). The molecule has 0 amide bonds. The number of benzene rings is 1. The smallest absolute Gasteiger partial charge is 0.163 e. The predicted octanol–water partition coefficient (Wildman–Crippen LogP) is 5.18. The highest BCUT2D eigenvalue weighted by Gasteiger charge is 2.44. The lowest BCUT2D eigenvalue weighted by molar-refractivity contribution is -0.119. The van der Waals surface area contributed by atoms with Crippen LogP contribution in [0.5, 0.6) is 5.75 Å². The summed E-state index contributed by atoms with van der Waals surface area (Å²) in [4.78, 5) is 26.3. The molecule has 1 aromatic rings. The van der Waals surface area contributed by atoms with Crippen LogP contribution in [0.3, 0.4) is 0 Å². The van der Waals surface area contributed by atoms with Crippen molar-refractivity contribution in [1.82, 2.24) is 0 Å². The molecule has 29 heavy (non-hydrogen) atoms. The average Bonchev–Trinajstić information content (AvgIpc) is 2.57. The van der Waals surface area contributed by atoms with Gasteiger partial charge in [0.25, 0.3) is 0 Å². The van der Waals surface area contributed by atoms with E-state index >= 15 is 0 Å². The minimum Gasteiger partial charge on any atom is -0.512 e. The zero-order valence-corrected chi connectivity index (χ0v) is 17.8. The van der Waals surface area contributed by atoms with E-state index in [0.717, 1.165) is 0 Å². The Morgan fingerprint density at radius 2 is 1.28 bits per heavy atom. The maximum Gasteiger partial charge on any atom is 0.163 e. The number of carbonyl (C=O) groups is 2. The molecule has 0 saturated heterocycles. The van der Waals surface area contributed by atoms with E-state index in [1.807, 2.05) is 27.7 Å². The standard InChI is InChI=1S/C24H30O5/c1-23(2)10-15(25)21(16(26)11-23)20(14-8-6-7-9-19(14)29-5)22-17(27)12-24(3,4)13-18(22)28/h6-9,20,25,27H,10-13H2,1-5H3. The van der Waals surface area contributed by atoms with Crippen LogP contribution in [0.4, 0.5) is 0 Å². The van der Waals surface area contributed by atoms with Crippen molar-refractivity contribution in [2.24, 2.45) is 10.8 Å². The van der Waals surface area contributed by atoms with Crippen LogP contribution in [0.15, 0.2) is 46.9 Å². The number of hydrogen-bond acceptors (Lipinski definition) is 5. The summed E-state index contributed by atoms with van der Waals surface area (Å²) < 4.78 is 5.50. The zero-order valence-electron chi connectivity index (χ0n) is 17.8. The quantitative estimate of drug-likeness (QED) is 0.730. The van der Waals surface area contributed by atoms with E-state index in [4.69, 9.17) is 4.74 Å². The molecule has 1 aromatic carbocycles. The van der Waals surface area contributed by atoms with Gasteiger partial charge in [0.1, 0.15) is 17.3 Å². The first kappa shape index (κ1) is 21.2. The summed E-state index contributed by atoms with van der Waals surface area (Å²) in [5.41, 5.74) is 0.279. The lowest BCUT2D eigenvalue weighted by Gasteiger charge is -2.36. The third kappa shape index (κ3) is 4.09. The molecule has 0 fully saturated rings. The van der Waals surface area contributed by atoms with Crippen molar-refractivity contribution >= 4 is 11.6 Å². The van der Waals surface area contributed by atoms with Crippen LogP contribution < -0.4 is 4.74 Å². The van der Waals surface area contributed by atoms with Crippen LogP contribution in [-0.2, 0) is 9.59 Å². The van der Waals surface area contributed by atoms with Crippen molar-refractivity contribution in [2.75, 3.05) is 7.11 Å². The Balaban J connectivity index is 2.27. The molecule has 0 aromatic heterocycles. The number of ether oxygens (including phenoxy) is 1. The summed E-state index contributed by atoms with van der Waals surface area (Å²) in [5, 5.41) is 21.8. The normalized spacial score (nSPS) is 21.7. The summed E-state index contributed by atoms with van der Waals surface area (Å²) in [5.74, 6) is -0.771. The molecule has 2 aliphatic carbocycles. The number of Topliss-reactive ketones (excluding diaryl/α,β-unsaturated/α-hetero) is 2. The predicted molar refractivity (Wildman–Crippen MR) is 111 cm³/mol. The molecular weight excluding hydrogens is 368 g/mol. The van der Waals surface area contributed by atoms with Crippen LogP contribution in [0, 0.1) is 10.8 Å². The summed E-state index contributed by atoms with van der Waals surface area (Å²) in [6.45, 7) is 7.73. The molecule has 2 aliphatic rings. The first-order valence-corrected chi connectivity index (χ1v) is 9.99. The minimum atomic E-state index is -0.849. The largest absolute Gasteiger partial charge is 0.512 e. The van der Waals surface area contributed by atoms with E-state index < -0.39 is 5.92 Å².